The summed E-state index contributed by atoms with van der Waals surface area (Å²) < 4.78 is 5.70. The number of benzene rings is 2. The second-order valence-electron chi connectivity index (χ2n) is 5.04. The van der Waals surface area contributed by atoms with Crippen molar-refractivity contribution < 1.29 is 9.84 Å². The second-order valence-corrected chi connectivity index (χ2v) is 5.48. The minimum atomic E-state index is -0.604. The summed E-state index contributed by atoms with van der Waals surface area (Å²) in [5.41, 5.74) is 0.841. The highest BCUT2D eigenvalue weighted by atomic mass is 35.5. The molecule has 0 saturated heterocycles. The zero-order valence-electron chi connectivity index (χ0n) is 12.0. The summed E-state index contributed by atoms with van der Waals surface area (Å²) >= 11 is 5.91. The molecule has 1 atom stereocenters. The minimum absolute atomic E-state index is 0.128. The van der Waals surface area contributed by atoms with Crippen molar-refractivity contribution in [1.29, 1.82) is 0 Å². The molecule has 2 rings (SSSR count). The molecule has 21 heavy (non-hydrogen) atoms. The first-order chi connectivity index (χ1) is 10.0. The van der Waals surface area contributed by atoms with Crippen molar-refractivity contribution in [3.05, 3.63) is 59.1 Å². The van der Waals surface area contributed by atoms with E-state index in [1.165, 1.54) is 0 Å². The molecule has 0 fully saturated rings. The molecule has 3 heteroatoms. The molecule has 0 aliphatic heterocycles. The molecule has 0 heterocycles. The molecule has 108 valence electrons. The van der Waals surface area contributed by atoms with Crippen molar-refractivity contribution in [2.75, 3.05) is 0 Å². The maximum absolute atomic E-state index is 9.65. The Morgan fingerprint density at radius 2 is 1.76 bits per heavy atom. The molecule has 0 saturated carbocycles. The highest BCUT2D eigenvalue weighted by Crippen LogP contribution is 2.24. The second kappa shape index (κ2) is 7.17. The van der Waals surface area contributed by atoms with Crippen LogP contribution in [0.4, 0.5) is 0 Å². The number of rotatable bonds is 3. The third-order valence-corrected chi connectivity index (χ3v) is 3.12. The van der Waals surface area contributed by atoms with Crippen molar-refractivity contribution in [1.82, 2.24) is 0 Å². The molecule has 2 aromatic carbocycles. The van der Waals surface area contributed by atoms with Crippen LogP contribution in [0.1, 0.15) is 19.4 Å². The molecule has 0 aliphatic carbocycles. The smallest absolute Gasteiger partial charge is 0.128 e. The van der Waals surface area contributed by atoms with Crippen LogP contribution in [0.15, 0.2) is 48.5 Å². The lowest BCUT2D eigenvalue weighted by atomic mass is 10.1. The van der Waals surface area contributed by atoms with Gasteiger partial charge in [-0.25, -0.2) is 0 Å². The molecule has 0 radical (unpaired) electrons. The normalized spacial score (nSPS) is 11.7. The maximum Gasteiger partial charge on any atom is 0.128 e. The molecule has 0 aliphatic rings. The standard InChI is InChI=1S/C18H17ClO2/c1-13(2)18(20)11-8-14-6-9-16(10-7-14)21-17-5-3-4-15(19)12-17/h3-7,9-10,12-13,18,20H,1-2H3. The largest absolute Gasteiger partial charge is 0.457 e. The fourth-order valence-corrected chi connectivity index (χ4v) is 1.78. The molecule has 2 nitrogen and oxygen atoms in total. The summed E-state index contributed by atoms with van der Waals surface area (Å²) in [6, 6.07) is 14.6. The van der Waals surface area contributed by atoms with Crippen molar-refractivity contribution in [3.63, 3.8) is 0 Å². The molecule has 0 spiro atoms. The van der Waals surface area contributed by atoms with Crippen molar-refractivity contribution in [2.24, 2.45) is 5.92 Å². The van der Waals surface area contributed by atoms with Crippen LogP contribution in [-0.2, 0) is 0 Å². The van der Waals surface area contributed by atoms with E-state index in [0.29, 0.717) is 16.5 Å². The van der Waals surface area contributed by atoms with E-state index in [9.17, 15) is 5.11 Å². The first kappa shape index (κ1) is 15.4. The van der Waals surface area contributed by atoms with E-state index in [-0.39, 0.29) is 5.92 Å². The summed E-state index contributed by atoms with van der Waals surface area (Å²) in [5.74, 6) is 7.31. The Balaban J connectivity index is 2.05. The Kier molecular flexibility index (Phi) is 5.27. The van der Waals surface area contributed by atoms with Gasteiger partial charge in [0, 0.05) is 10.6 Å². The Bertz CT molecular complexity index is 651. The summed E-state index contributed by atoms with van der Waals surface area (Å²) in [4.78, 5) is 0. The van der Waals surface area contributed by atoms with Gasteiger partial charge in [0.2, 0.25) is 0 Å². The SMILES string of the molecule is CC(C)C(O)C#Cc1ccc(Oc2cccc(Cl)c2)cc1. The van der Waals surface area contributed by atoms with Crippen LogP contribution >= 0.6 is 11.6 Å². The van der Waals surface area contributed by atoms with Crippen LogP contribution in [-0.4, -0.2) is 11.2 Å². The van der Waals surface area contributed by atoms with Crippen LogP contribution in [0, 0.1) is 17.8 Å². The van der Waals surface area contributed by atoms with Crippen LogP contribution < -0.4 is 4.74 Å². The zero-order valence-corrected chi connectivity index (χ0v) is 12.8. The van der Waals surface area contributed by atoms with Crippen molar-refractivity contribution >= 4 is 11.6 Å². The van der Waals surface area contributed by atoms with Crippen molar-refractivity contribution in [2.45, 2.75) is 20.0 Å². The third kappa shape index (κ3) is 4.82. The van der Waals surface area contributed by atoms with Gasteiger partial charge in [0.15, 0.2) is 0 Å². The minimum Gasteiger partial charge on any atom is -0.457 e. The maximum atomic E-state index is 9.65. The van der Waals surface area contributed by atoms with Gasteiger partial charge < -0.3 is 9.84 Å². The van der Waals surface area contributed by atoms with Crippen LogP contribution in [0.2, 0.25) is 5.02 Å². The van der Waals surface area contributed by atoms with E-state index in [1.54, 1.807) is 12.1 Å². The van der Waals surface area contributed by atoms with Gasteiger partial charge in [-0.3, -0.25) is 0 Å². The number of aliphatic hydroxyl groups is 1. The highest BCUT2D eigenvalue weighted by molar-refractivity contribution is 6.30. The Labute approximate surface area is 130 Å². The predicted octanol–water partition coefficient (Wildman–Crippen LogP) is 4.50. The van der Waals surface area contributed by atoms with Crippen molar-refractivity contribution in [3.8, 4) is 23.3 Å². The Morgan fingerprint density at radius 3 is 2.38 bits per heavy atom. The van der Waals surface area contributed by atoms with Gasteiger partial charge in [0.05, 0.1) is 0 Å². The quantitative estimate of drug-likeness (QED) is 0.846. The molecule has 0 amide bonds. The number of hydrogen-bond donors (Lipinski definition) is 1. The molecular formula is C18H17ClO2. The van der Waals surface area contributed by atoms with Gasteiger partial charge in [-0.2, -0.15) is 0 Å². The lowest BCUT2D eigenvalue weighted by molar-refractivity contribution is 0.181. The van der Waals surface area contributed by atoms with E-state index in [1.807, 2.05) is 50.2 Å². The van der Waals surface area contributed by atoms with Gasteiger partial charge in [0.25, 0.3) is 0 Å². The van der Waals surface area contributed by atoms with Crippen LogP contribution in [0.5, 0.6) is 11.5 Å². The molecule has 1 N–H and O–H groups in total. The summed E-state index contributed by atoms with van der Waals surface area (Å²) in [6.45, 7) is 3.86. The van der Waals surface area contributed by atoms with E-state index in [4.69, 9.17) is 16.3 Å². The first-order valence-corrected chi connectivity index (χ1v) is 7.15. The highest BCUT2D eigenvalue weighted by Gasteiger charge is 2.03. The number of hydrogen-bond acceptors (Lipinski definition) is 2. The average molecular weight is 301 g/mol. The molecule has 1 unspecified atom stereocenters. The topological polar surface area (TPSA) is 29.5 Å². The lowest BCUT2D eigenvalue weighted by Crippen LogP contribution is -2.11. The predicted molar refractivity (Wildman–Crippen MR) is 85.7 cm³/mol. The molecular weight excluding hydrogens is 284 g/mol. The van der Waals surface area contributed by atoms with Gasteiger partial charge in [-0.05, 0) is 48.4 Å². The molecule has 0 aromatic heterocycles. The third-order valence-electron chi connectivity index (χ3n) is 2.88. The average Bonchev–Trinajstić information content (AvgIpc) is 2.46. The number of halogens is 1. The monoisotopic (exact) mass is 300 g/mol. The van der Waals surface area contributed by atoms with Crippen LogP contribution in [0.3, 0.4) is 0 Å². The zero-order chi connectivity index (χ0) is 15.2. The fourth-order valence-electron chi connectivity index (χ4n) is 1.60. The fraction of sp³-hybridized carbons (Fsp3) is 0.222. The van der Waals surface area contributed by atoms with E-state index < -0.39 is 6.10 Å². The van der Waals surface area contributed by atoms with E-state index >= 15 is 0 Å². The van der Waals surface area contributed by atoms with E-state index in [2.05, 4.69) is 11.8 Å². The van der Waals surface area contributed by atoms with Gasteiger partial charge in [-0.1, -0.05) is 43.4 Å². The van der Waals surface area contributed by atoms with Crippen LogP contribution in [0.25, 0.3) is 0 Å². The lowest BCUT2D eigenvalue weighted by Gasteiger charge is -2.06. The van der Waals surface area contributed by atoms with E-state index in [0.717, 1.165) is 5.56 Å². The van der Waals surface area contributed by atoms with Gasteiger partial charge in [0.1, 0.15) is 17.6 Å². The molecule has 2 aromatic rings. The van der Waals surface area contributed by atoms with Gasteiger partial charge in [-0.15, -0.1) is 0 Å². The summed E-state index contributed by atoms with van der Waals surface area (Å²) in [7, 11) is 0. The first-order valence-electron chi connectivity index (χ1n) is 6.77. The summed E-state index contributed by atoms with van der Waals surface area (Å²) in [5, 5.41) is 10.3. The Hall–Kier alpha value is -1.95. The number of aliphatic hydroxyl groups excluding tert-OH is 1. The summed E-state index contributed by atoms with van der Waals surface area (Å²) in [6.07, 6.45) is -0.604. The number of ether oxygens (including phenoxy) is 1. The van der Waals surface area contributed by atoms with Gasteiger partial charge >= 0.3 is 0 Å². The molecule has 0 bridgehead atoms. The Morgan fingerprint density at radius 1 is 1.05 bits per heavy atom.